The van der Waals surface area contributed by atoms with Crippen LogP contribution >= 0.6 is 0 Å². The van der Waals surface area contributed by atoms with Crippen molar-refractivity contribution in [1.29, 1.82) is 0 Å². The summed E-state index contributed by atoms with van der Waals surface area (Å²) in [6.07, 6.45) is 2.76. The van der Waals surface area contributed by atoms with Gasteiger partial charge in [-0.25, -0.2) is 0 Å². The van der Waals surface area contributed by atoms with E-state index in [-0.39, 0.29) is 11.8 Å². The van der Waals surface area contributed by atoms with Gasteiger partial charge in [-0.05, 0) is 49.7 Å². The lowest BCUT2D eigenvalue weighted by molar-refractivity contribution is -0.0246. The SMILES string of the molecule is CCOc1ccc2c(c1)C(=O)NC1(CCN(C(=O)c3cc(C)c4[nH]ncc4c3)CC1)O2. The molecular formula is C23H24N4O4. The van der Waals surface area contributed by atoms with Gasteiger partial charge in [-0.2, -0.15) is 5.10 Å². The minimum absolute atomic E-state index is 0.0232. The molecule has 1 fully saturated rings. The molecule has 160 valence electrons. The van der Waals surface area contributed by atoms with E-state index in [0.29, 0.717) is 55.2 Å². The van der Waals surface area contributed by atoms with E-state index in [2.05, 4.69) is 15.5 Å². The topological polar surface area (TPSA) is 96.6 Å². The normalized spacial score (nSPS) is 17.2. The molecule has 1 spiro atoms. The van der Waals surface area contributed by atoms with Crippen LogP contribution in [0.15, 0.2) is 36.5 Å². The van der Waals surface area contributed by atoms with E-state index in [0.717, 1.165) is 16.5 Å². The number of H-pyrrole nitrogens is 1. The predicted octanol–water partition coefficient (Wildman–Crippen LogP) is 3.02. The molecule has 3 aromatic rings. The highest BCUT2D eigenvalue weighted by Crippen LogP contribution is 2.35. The third-order valence-electron chi connectivity index (χ3n) is 6.00. The number of hydrogen-bond donors (Lipinski definition) is 2. The van der Waals surface area contributed by atoms with Gasteiger partial charge >= 0.3 is 0 Å². The van der Waals surface area contributed by atoms with Crippen molar-refractivity contribution in [3.8, 4) is 11.5 Å². The van der Waals surface area contributed by atoms with Crippen LogP contribution < -0.4 is 14.8 Å². The van der Waals surface area contributed by atoms with Gasteiger partial charge in [-0.3, -0.25) is 14.7 Å². The lowest BCUT2D eigenvalue weighted by Crippen LogP contribution is -2.61. The Morgan fingerprint density at radius 1 is 1.26 bits per heavy atom. The van der Waals surface area contributed by atoms with Crippen LogP contribution in [0.2, 0.25) is 0 Å². The van der Waals surface area contributed by atoms with Crippen molar-refractivity contribution in [2.75, 3.05) is 19.7 Å². The molecule has 31 heavy (non-hydrogen) atoms. The zero-order valence-electron chi connectivity index (χ0n) is 17.5. The van der Waals surface area contributed by atoms with Gasteiger partial charge in [0.15, 0.2) is 5.72 Å². The van der Waals surface area contributed by atoms with Crippen LogP contribution in [0.5, 0.6) is 11.5 Å². The van der Waals surface area contributed by atoms with E-state index < -0.39 is 5.72 Å². The first-order chi connectivity index (χ1) is 15.0. The van der Waals surface area contributed by atoms with Crippen molar-refractivity contribution in [2.24, 2.45) is 0 Å². The number of nitrogens with zero attached hydrogens (tertiary/aromatic N) is 2. The number of rotatable bonds is 3. The molecule has 2 aliphatic rings. The molecule has 0 bridgehead atoms. The first-order valence-electron chi connectivity index (χ1n) is 10.5. The van der Waals surface area contributed by atoms with E-state index in [1.54, 1.807) is 18.3 Å². The number of fused-ring (bicyclic) bond motifs is 2. The van der Waals surface area contributed by atoms with Gasteiger partial charge in [0.05, 0.1) is 23.9 Å². The summed E-state index contributed by atoms with van der Waals surface area (Å²) in [7, 11) is 0. The smallest absolute Gasteiger partial charge is 0.258 e. The van der Waals surface area contributed by atoms with Crippen LogP contribution in [-0.4, -0.2) is 52.3 Å². The molecule has 2 aliphatic heterocycles. The van der Waals surface area contributed by atoms with Crippen molar-refractivity contribution in [3.63, 3.8) is 0 Å². The Morgan fingerprint density at radius 3 is 2.84 bits per heavy atom. The first-order valence-corrected chi connectivity index (χ1v) is 10.5. The third kappa shape index (κ3) is 3.37. The van der Waals surface area contributed by atoms with E-state index in [1.807, 2.05) is 36.9 Å². The molecule has 5 rings (SSSR count). The third-order valence-corrected chi connectivity index (χ3v) is 6.00. The summed E-state index contributed by atoms with van der Waals surface area (Å²) < 4.78 is 11.7. The zero-order valence-corrected chi connectivity index (χ0v) is 17.5. The van der Waals surface area contributed by atoms with E-state index in [1.165, 1.54) is 0 Å². The number of likely N-dealkylation sites (tertiary alicyclic amines) is 1. The number of aromatic nitrogens is 2. The lowest BCUT2D eigenvalue weighted by atomic mass is 9.96. The van der Waals surface area contributed by atoms with Crippen LogP contribution in [0.25, 0.3) is 10.9 Å². The quantitative estimate of drug-likeness (QED) is 0.679. The molecule has 0 saturated carbocycles. The fourth-order valence-electron chi connectivity index (χ4n) is 4.38. The average molecular weight is 420 g/mol. The molecule has 8 heteroatoms. The molecule has 2 N–H and O–H groups in total. The highest BCUT2D eigenvalue weighted by molar-refractivity contribution is 6.00. The van der Waals surface area contributed by atoms with E-state index in [9.17, 15) is 9.59 Å². The zero-order chi connectivity index (χ0) is 21.6. The minimum Gasteiger partial charge on any atom is -0.494 e. The van der Waals surface area contributed by atoms with Gasteiger partial charge in [0.25, 0.3) is 11.8 Å². The number of benzene rings is 2. The van der Waals surface area contributed by atoms with Crippen molar-refractivity contribution >= 4 is 22.7 Å². The Hall–Kier alpha value is -3.55. The Bertz CT molecular complexity index is 1180. The van der Waals surface area contributed by atoms with Gasteiger partial charge < -0.3 is 19.7 Å². The highest BCUT2D eigenvalue weighted by Gasteiger charge is 2.43. The number of hydrogen-bond acceptors (Lipinski definition) is 5. The van der Waals surface area contributed by atoms with Crippen LogP contribution in [0.3, 0.4) is 0 Å². The average Bonchev–Trinajstić information content (AvgIpc) is 3.24. The molecule has 0 aliphatic carbocycles. The molecule has 3 heterocycles. The summed E-state index contributed by atoms with van der Waals surface area (Å²) in [4.78, 5) is 27.7. The predicted molar refractivity (Wildman–Crippen MR) is 114 cm³/mol. The molecule has 2 amide bonds. The summed E-state index contributed by atoms with van der Waals surface area (Å²) in [5.74, 6) is 0.989. The van der Waals surface area contributed by atoms with Gasteiger partial charge in [0, 0.05) is 36.9 Å². The monoisotopic (exact) mass is 420 g/mol. The molecule has 1 saturated heterocycles. The molecule has 0 radical (unpaired) electrons. The second-order valence-electron chi connectivity index (χ2n) is 8.06. The fourth-order valence-corrected chi connectivity index (χ4v) is 4.38. The number of carbonyl (C=O) groups is 2. The van der Waals surface area contributed by atoms with Crippen LogP contribution in [0.1, 0.15) is 46.0 Å². The van der Waals surface area contributed by atoms with Crippen LogP contribution in [0.4, 0.5) is 0 Å². The van der Waals surface area contributed by atoms with E-state index in [4.69, 9.17) is 9.47 Å². The fraction of sp³-hybridized carbons (Fsp3) is 0.348. The van der Waals surface area contributed by atoms with Gasteiger partial charge in [-0.1, -0.05) is 0 Å². The van der Waals surface area contributed by atoms with Crippen molar-refractivity contribution in [2.45, 2.75) is 32.4 Å². The Morgan fingerprint density at radius 2 is 2.06 bits per heavy atom. The molecule has 0 unspecified atom stereocenters. The van der Waals surface area contributed by atoms with E-state index >= 15 is 0 Å². The maximum atomic E-state index is 13.1. The number of ether oxygens (including phenoxy) is 2. The maximum Gasteiger partial charge on any atom is 0.258 e. The van der Waals surface area contributed by atoms with Crippen molar-refractivity contribution in [3.05, 3.63) is 53.2 Å². The molecular weight excluding hydrogens is 396 g/mol. The molecule has 0 atom stereocenters. The highest BCUT2D eigenvalue weighted by atomic mass is 16.5. The van der Waals surface area contributed by atoms with Gasteiger partial charge in [-0.15, -0.1) is 0 Å². The first kappa shape index (κ1) is 19.4. The number of amides is 2. The summed E-state index contributed by atoms with van der Waals surface area (Å²) in [5, 5.41) is 11.0. The molecule has 8 nitrogen and oxygen atoms in total. The number of carbonyl (C=O) groups excluding carboxylic acids is 2. The maximum absolute atomic E-state index is 13.1. The number of aryl methyl sites for hydroxylation is 1. The molecule has 1 aromatic heterocycles. The largest absolute Gasteiger partial charge is 0.494 e. The van der Waals surface area contributed by atoms with Crippen LogP contribution in [-0.2, 0) is 0 Å². The summed E-state index contributed by atoms with van der Waals surface area (Å²) >= 11 is 0. The van der Waals surface area contributed by atoms with Crippen molar-refractivity contribution in [1.82, 2.24) is 20.4 Å². The second kappa shape index (κ2) is 7.30. The Labute approximate surface area is 179 Å². The number of piperidine rings is 1. The minimum atomic E-state index is -0.793. The Kier molecular flexibility index (Phi) is 4.57. The Balaban J connectivity index is 1.31. The lowest BCUT2D eigenvalue weighted by Gasteiger charge is -2.44. The second-order valence-corrected chi connectivity index (χ2v) is 8.06. The van der Waals surface area contributed by atoms with Gasteiger partial charge in [0.1, 0.15) is 11.5 Å². The summed E-state index contributed by atoms with van der Waals surface area (Å²) in [5.41, 5.74) is 2.25. The standard InChI is InChI=1S/C23H24N4O4/c1-3-30-17-4-5-19-18(12-17)21(28)25-23(31-19)6-8-27(9-7-23)22(29)15-10-14(2)20-16(11-15)13-24-26-20/h4-5,10-13H,3,6-9H2,1-2H3,(H,24,26)(H,25,28). The van der Waals surface area contributed by atoms with Gasteiger partial charge in [0.2, 0.25) is 0 Å². The number of aromatic amines is 1. The molecule has 2 aromatic carbocycles. The van der Waals surface area contributed by atoms with Crippen LogP contribution in [0, 0.1) is 6.92 Å². The summed E-state index contributed by atoms with van der Waals surface area (Å²) in [6, 6.07) is 9.04. The van der Waals surface area contributed by atoms with Crippen molar-refractivity contribution < 1.29 is 19.1 Å². The summed E-state index contributed by atoms with van der Waals surface area (Å²) in [6.45, 7) is 5.38. The number of nitrogens with one attached hydrogen (secondary N) is 2.